The van der Waals surface area contributed by atoms with Crippen LogP contribution in [0.2, 0.25) is 0 Å². The third kappa shape index (κ3) is 2.75. The smallest absolute Gasteiger partial charge is 0.321 e. The first-order chi connectivity index (χ1) is 10.0. The van der Waals surface area contributed by atoms with E-state index in [1.165, 1.54) is 0 Å². The molecule has 2 aromatic carbocycles. The SMILES string of the molecule is Cc1ccc(C(=O)Nc2cc3[nH]c(=O)[nH]c3cc2Br)cc1. The molecule has 0 saturated heterocycles. The fraction of sp³-hybridized carbons (Fsp3) is 0.0667. The van der Waals surface area contributed by atoms with Crippen LogP contribution in [-0.2, 0) is 0 Å². The highest BCUT2D eigenvalue weighted by molar-refractivity contribution is 9.10. The van der Waals surface area contributed by atoms with E-state index in [1.54, 1.807) is 24.3 Å². The number of carbonyl (C=O) groups is 1. The second-order valence-corrected chi connectivity index (χ2v) is 5.63. The van der Waals surface area contributed by atoms with Crippen molar-refractivity contribution < 1.29 is 4.79 Å². The van der Waals surface area contributed by atoms with E-state index in [-0.39, 0.29) is 11.6 Å². The van der Waals surface area contributed by atoms with Gasteiger partial charge in [0, 0.05) is 10.0 Å². The van der Waals surface area contributed by atoms with Crippen molar-refractivity contribution in [3.8, 4) is 0 Å². The summed E-state index contributed by atoms with van der Waals surface area (Å²) in [7, 11) is 0. The molecule has 1 amide bonds. The summed E-state index contributed by atoms with van der Waals surface area (Å²) in [5, 5.41) is 2.83. The Bertz CT molecular complexity index is 878. The molecule has 3 rings (SSSR count). The van der Waals surface area contributed by atoms with Gasteiger partial charge in [0.15, 0.2) is 0 Å². The molecule has 6 heteroatoms. The van der Waals surface area contributed by atoms with Crippen LogP contribution in [0, 0.1) is 6.92 Å². The predicted octanol–water partition coefficient (Wildman–Crippen LogP) is 3.18. The quantitative estimate of drug-likeness (QED) is 0.666. The zero-order valence-corrected chi connectivity index (χ0v) is 12.7. The summed E-state index contributed by atoms with van der Waals surface area (Å²) in [5.41, 5.74) is 3.32. The first kappa shape index (κ1) is 13.6. The van der Waals surface area contributed by atoms with E-state index < -0.39 is 0 Å². The van der Waals surface area contributed by atoms with Gasteiger partial charge in [-0.3, -0.25) is 4.79 Å². The lowest BCUT2D eigenvalue weighted by atomic mass is 10.1. The Kier molecular flexibility index (Phi) is 3.39. The molecule has 106 valence electrons. The number of amides is 1. The number of aromatic amines is 2. The molecule has 0 aliphatic carbocycles. The summed E-state index contributed by atoms with van der Waals surface area (Å²) in [5.74, 6) is -0.201. The van der Waals surface area contributed by atoms with Crippen LogP contribution in [0.15, 0.2) is 45.7 Å². The van der Waals surface area contributed by atoms with Gasteiger partial charge in [-0.2, -0.15) is 0 Å². The number of nitrogens with one attached hydrogen (secondary N) is 3. The zero-order chi connectivity index (χ0) is 15.0. The molecule has 0 radical (unpaired) electrons. The largest absolute Gasteiger partial charge is 0.323 e. The van der Waals surface area contributed by atoms with Gasteiger partial charge in [0.05, 0.1) is 16.7 Å². The highest BCUT2D eigenvalue weighted by Crippen LogP contribution is 2.26. The second-order valence-electron chi connectivity index (χ2n) is 4.78. The Morgan fingerprint density at radius 2 is 1.71 bits per heavy atom. The molecular weight excluding hydrogens is 334 g/mol. The van der Waals surface area contributed by atoms with Crippen LogP contribution in [0.4, 0.5) is 5.69 Å². The topological polar surface area (TPSA) is 77.8 Å². The predicted molar refractivity (Wildman–Crippen MR) is 85.8 cm³/mol. The molecule has 21 heavy (non-hydrogen) atoms. The number of halogens is 1. The minimum absolute atomic E-state index is 0.201. The highest BCUT2D eigenvalue weighted by Gasteiger charge is 2.10. The fourth-order valence-corrected chi connectivity index (χ4v) is 2.49. The molecule has 0 fully saturated rings. The fourth-order valence-electron chi connectivity index (χ4n) is 2.05. The summed E-state index contributed by atoms with van der Waals surface area (Å²) in [4.78, 5) is 28.8. The summed E-state index contributed by atoms with van der Waals surface area (Å²) >= 11 is 3.39. The third-order valence-electron chi connectivity index (χ3n) is 3.17. The van der Waals surface area contributed by atoms with Crippen LogP contribution >= 0.6 is 15.9 Å². The van der Waals surface area contributed by atoms with Crippen molar-refractivity contribution in [3.05, 3.63) is 62.5 Å². The Morgan fingerprint density at radius 1 is 1.10 bits per heavy atom. The molecule has 3 N–H and O–H groups in total. The Morgan fingerprint density at radius 3 is 2.38 bits per heavy atom. The molecule has 0 bridgehead atoms. The van der Waals surface area contributed by atoms with E-state index in [0.717, 1.165) is 5.56 Å². The van der Waals surface area contributed by atoms with E-state index in [9.17, 15) is 9.59 Å². The first-order valence-electron chi connectivity index (χ1n) is 6.32. The maximum Gasteiger partial charge on any atom is 0.323 e. The van der Waals surface area contributed by atoms with Crippen molar-refractivity contribution in [2.45, 2.75) is 6.92 Å². The van der Waals surface area contributed by atoms with Crippen LogP contribution in [0.25, 0.3) is 11.0 Å². The van der Waals surface area contributed by atoms with Crippen molar-refractivity contribution in [2.24, 2.45) is 0 Å². The summed E-state index contributed by atoms with van der Waals surface area (Å²) in [6, 6.07) is 10.8. The van der Waals surface area contributed by atoms with Crippen LogP contribution in [-0.4, -0.2) is 15.9 Å². The Balaban J connectivity index is 1.93. The van der Waals surface area contributed by atoms with Gasteiger partial charge in [0.1, 0.15) is 0 Å². The number of fused-ring (bicyclic) bond motifs is 1. The minimum Gasteiger partial charge on any atom is -0.321 e. The maximum absolute atomic E-state index is 12.2. The van der Waals surface area contributed by atoms with E-state index >= 15 is 0 Å². The van der Waals surface area contributed by atoms with Crippen LogP contribution in [0.3, 0.4) is 0 Å². The lowest BCUT2D eigenvalue weighted by Crippen LogP contribution is -2.12. The molecule has 5 nitrogen and oxygen atoms in total. The number of anilines is 1. The van der Waals surface area contributed by atoms with Gasteiger partial charge < -0.3 is 15.3 Å². The van der Waals surface area contributed by atoms with Crippen molar-refractivity contribution in [1.82, 2.24) is 9.97 Å². The number of rotatable bonds is 2. The summed E-state index contributed by atoms with van der Waals surface area (Å²) in [6.45, 7) is 1.97. The number of hydrogen-bond donors (Lipinski definition) is 3. The average Bonchev–Trinajstić information content (AvgIpc) is 2.79. The van der Waals surface area contributed by atoms with E-state index in [4.69, 9.17) is 0 Å². The molecule has 1 aromatic heterocycles. The monoisotopic (exact) mass is 345 g/mol. The molecule has 0 aliphatic rings. The van der Waals surface area contributed by atoms with Gasteiger partial charge in [-0.1, -0.05) is 17.7 Å². The first-order valence-corrected chi connectivity index (χ1v) is 7.12. The van der Waals surface area contributed by atoms with Gasteiger partial charge in [0.25, 0.3) is 5.91 Å². The number of aromatic nitrogens is 2. The lowest BCUT2D eigenvalue weighted by Gasteiger charge is -2.08. The van der Waals surface area contributed by atoms with Crippen molar-refractivity contribution >= 4 is 38.6 Å². The van der Waals surface area contributed by atoms with Crippen LogP contribution in [0.5, 0.6) is 0 Å². The van der Waals surface area contributed by atoms with E-state index in [2.05, 4.69) is 31.2 Å². The van der Waals surface area contributed by atoms with E-state index in [1.807, 2.05) is 19.1 Å². The number of aryl methyl sites for hydroxylation is 1. The minimum atomic E-state index is -0.279. The molecule has 0 saturated carbocycles. The Labute approximate surface area is 128 Å². The van der Waals surface area contributed by atoms with E-state index in [0.29, 0.717) is 26.8 Å². The van der Waals surface area contributed by atoms with Gasteiger partial charge in [0.2, 0.25) is 0 Å². The molecule has 3 aromatic rings. The molecule has 0 atom stereocenters. The van der Waals surface area contributed by atoms with Crippen molar-refractivity contribution in [3.63, 3.8) is 0 Å². The van der Waals surface area contributed by atoms with Gasteiger partial charge >= 0.3 is 5.69 Å². The molecule has 0 unspecified atom stereocenters. The number of imidazole rings is 1. The van der Waals surface area contributed by atoms with Crippen molar-refractivity contribution in [1.29, 1.82) is 0 Å². The van der Waals surface area contributed by atoms with Crippen molar-refractivity contribution in [2.75, 3.05) is 5.32 Å². The van der Waals surface area contributed by atoms with Gasteiger partial charge in [-0.25, -0.2) is 4.79 Å². The number of hydrogen-bond acceptors (Lipinski definition) is 2. The summed E-state index contributed by atoms with van der Waals surface area (Å²) < 4.78 is 0.700. The molecule has 0 spiro atoms. The average molecular weight is 346 g/mol. The lowest BCUT2D eigenvalue weighted by molar-refractivity contribution is 0.102. The standard InChI is InChI=1S/C15H12BrN3O2/c1-8-2-4-9(5-3-8)14(20)17-11-7-13-12(6-10(11)16)18-15(21)19-13/h2-7H,1H3,(H,17,20)(H2,18,19,21). The van der Waals surface area contributed by atoms with Gasteiger partial charge in [-0.05, 0) is 47.1 Å². The maximum atomic E-state index is 12.2. The molecular formula is C15H12BrN3O2. The second kappa shape index (κ2) is 5.21. The summed E-state index contributed by atoms with van der Waals surface area (Å²) in [6.07, 6.45) is 0. The number of H-pyrrole nitrogens is 2. The molecule has 0 aliphatic heterocycles. The number of carbonyl (C=O) groups excluding carboxylic acids is 1. The third-order valence-corrected chi connectivity index (χ3v) is 3.82. The van der Waals surface area contributed by atoms with Crippen LogP contribution < -0.4 is 11.0 Å². The highest BCUT2D eigenvalue weighted by atomic mass is 79.9. The number of benzene rings is 2. The molecule has 1 heterocycles. The Hall–Kier alpha value is -2.34. The van der Waals surface area contributed by atoms with Gasteiger partial charge in [-0.15, -0.1) is 0 Å². The van der Waals surface area contributed by atoms with Crippen LogP contribution in [0.1, 0.15) is 15.9 Å². The normalized spacial score (nSPS) is 10.8. The zero-order valence-electron chi connectivity index (χ0n) is 11.2.